The molecule has 1 saturated carbocycles. The summed E-state index contributed by atoms with van der Waals surface area (Å²) < 4.78 is 6.33. The number of fused-ring (bicyclic) bond motifs is 1. The Labute approximate surface area is 116 Å². The number of hydrogen-bond donors (Lipinski definition) is 1. The summed E-state index contributed by atoms with van der Waals surface area (Å²) >= 11 is 0. The zero-order valence-electron chi connectivity index (χ0n) is 11.8. The van der Waals surface area contributed by atoms with E-state index >= 15 is 0 Å². The summed E-state index contributed by atoms with van der Waals surface area (Å²) in [6.07, 6.45) is 11.2. The molecule has 0 aromatic heterocycles. The van der Waals surface area contributed by atoms with E-state index in [0.29, 0.717) is 6.54 Å². The molecule has 104 valence electrons. The molecule has 0 atom stereocenters. The second kappa shape index (κ2) is 5.54. The molecule has 2 nitrogen and oxygen atoms in total. The fraction of sp³-hybridized carbons (Fsp3) is 0.647. The van der Waals surface area contributed by atoms with Crippen molar-refractivity contribution >= 4 is 0 Å². The Morgan fingerprint density at radius 1 is 0.947 bits per heavy atom. The third-order valence-electron chi connectivity index (χ3n) is 4.79. The Bertz CT molecular complexity index is 435. The first-order chi connectivity index (χ1) is 9.31. The van der Waals surface area contributed by atoms with Crippen LogP contribution in [0.1, 0.15) is 56.1 Å². The van der Waals surface area contributed by atoms with E-state index in [-0.39, 0.29) is 5.60 Å². The number of rotatable bonds is 3. The first-order valence-electron chi connectivity index (χ1n) is 7.82. The summed E-state index contributed by atoms with van der Waals surface area (Å²) in [4.78, 5) is 0. The van der Waals surface area contributed by atoms with Gasteiger partial charge < -0.3 is 10.5 Å². The number of hydrogen-bond acceptors (Lipinski definition) is 2. The van der Waals surface area contributed by atoms with E-state index in [1.54, 1.807) is 0 Å². The molecule has 0 unspecified atom stereocenters. The minimum absolute atomic E-state index is 0.0961. The fourth-order valence-corrected chi connectivity index (χ4v) is 3.57. The number of nitrogens with two attached hydrogens (primary N) is 1. The summed E-state index contributed by atoms with van der Waals surface area (Å²) in [6, 6.07) is 6.67. The molecule has 2 aliphatic carbocycles. The second-order valence-electron chi connectivity index (χ2n) is 6.19. The smallest absolute Gasteiger partial charge is 0.121 e. The van der Waals surface area contributed by atoms with E-state index in [4.69, 9.17) is 10.5 Å². The largest absolute Gasteiger partial charge is 0.486 e. The lowest BCUT2D eigenvalue weighted by molar-refractivity contribution is 0.0386. The second-order valence-corrected chi connectivity index (χ2v) is 6.19. The average molecular weight is 259 g/mol. The molecule has 2 aliphatic rings. The van der Waals surface area contributed by atoms with Gasteiger partial charge in [0.25, 0.3) is 0 Å². The molecule has 2 N–H and O–H groups in total. The van der Waals surface area contributed by atoms with Crippen molar-refractivity contribution in [3.8, 4) is 5.75 Å². The fourth-order valence-electron chi connectivity index (χ4n) is 3.57. The van der Waals surface area contributed by atoms with Crippen LogP contribution in [0.2, 0.25) is 0 Å². The van der Waals surface area contributed by atoms with Crippen LogP contribution in [0.4, 0.5) is 0 Å². The van der Waals surface area contributed by atoms with Crippen molar-refractivity contribution in [3.05, 3.63) is 29.3 Å². The molecule has 0 heterocycles. The predicted molar refractivity (Wildman–Crippen MR) is 78.6 cm³/mol. The minimum atomic E-state index is -0.0961. The Morgan fingerprint density at radius 3 is 2.42 bits per heavy atom. The van der Waals surface area contributed by atoms with Crippen molar-refractivity contribution in [2.45, 2.75) is 63.4 Å². The van der Waals surface area contributed by atoms with Crippen LogP contribution >= 0.6 is 0 Å². The highest BCUT2D eigenvalue weighted by Crippen LogP contribution is 2.34. The lowest BCUT2D eigenvalue weighted by Gasteiger charge is -2.37. The molecular formula is C17H25NO. The van der Waals surface area contributed by atoms with Crippen LogP contribution in [0.3, 0.4) is 0 Å². The molecule has 3 rings (SSSR count). The highest BCUT2D eigenvalue weighted by Gasteiger charge is 2.32. The maximum absolute atomic E-state index is 6.33. The summed E-state index contributed by atoms with van der Waals surface area (Å²) in [6.45, 7) is 0.643. The molecular weight excluding hydrogens is 234 g/mol. The highest BCUT2D eigenvalue weighted by atomic mass is 16.5. The molecule has 0 spiro atoms. The standard InChI is InChI=1S/C17H25NO/c18-13-17(10-4-1-5-11-17)19-16-9-8-14-6-2-3-7-15(14)12-16/h8-9,12H,1-7,10-11,13,18H2. The Morgan fingerprint density at radius 2 is 1.68 bits per heavy atom. The van der Waals surface area contributed by atoms with Crippen molar-refractivity contribution in [3.63, 3.8) is 0 Å². The van der Waals surface area contributed by atoms with Gasteiger partial charge in [-0.3, -0.25) is 0 Å². The van der Waals surface area contributed by atoms with Crippen molar-refractivity contribution in [2.75, 3.05) is 6.54 Å². The molecule has 19 heavy (non-hydrogen) atoms. The Kier molecular flexibility index (Phi) is 3.79. The highest BCUT2D eigenvalue weighted by molar-refractivity contribution is 5.37. The maximum Gasteiger partial charge on any atom is 0.121 e. The molecule has 1 aromatic rings. The summed E-state index contributed by atoms with van der Waals surface area (Å²) in [7, 11) is 0. The molecule has 2 heteroatoms. The molecule has 0 aliphatic heterocycles. The first kappa shape index (κ1) is 13.0. The Balaban J connectivity index is 1.78. The maximum atomic E-state index is 6.33. The van der Waals surface area contributed by atoms with Gasteiger partial charge in [0, 0.05) is 6.54 Å². The van der Waals surface area contributed by atoms with Crippen LogP contribution in [-0.2, 0) is 12.8 Å². The van der Waals surface area contributed by atoms with Crippen molar-refractivity contribution < 1.29 is 4.74 Å². The van der Waals surface area contributed by atoms with E-state index in [2.05, 4.69) is 18.2 Å². The van der Waals surface area contributed by atoms with Gasteiger partial charge in [0.2, 0.25) is 0 Å². The molecule has 1 fully saturated rings. The minimum Gasteiger partial charge on any atom is -0.486 e. The third-order valence-corrected chi connectivity index (χ3v) is 4.79. The van der Waals surface area contributed by atoms with Gasteiger partial charge in [-0.05, 0) is 74.6 Å². The topological polar surface area (TPSA) is 35.2 Å². The lowest BCUT2D eigenvalue weighted by atomic mass is 9.84. The predicted octanol–water partition coefficient (Wildman–Crippen LogP) is 3.61. The Hall–Kier alpha value is -1.02. The zero-order valence-corrected chi connectivity index (χ0v) is 11.8. The van der Waals surface area contributed by atoms with E-state index in [9.17, 15) is 0 Å². The van der Waals surface area contributed by atoms with Crippen LogP contribution in [0.25, 0.3) is 0 Å². The van der Waals surface area contributed by atoms with Gasteiger partial charge >= 0.3 is 0 Å². The third kappa shape index (κ3) is 2.79. The van der Waals surface area contributed by atoms with Crippen molar-refractivity contribution in [1.82, 2.24) is 0 Å². The van der Waals surface area contributed by atoms with E-state index in [1.807, 2.05) is 0 Å². The van der Waals surface area contributed by atoms with Crippen LogP contribution in [-0.4, -0.2) is 12.1 Å². The monoisotopic (exact) mass is 259 g/mol. The summed E-state index contributed by atoms with van der Waals surface area (Å²) in [5.74, 6) is 1.04. The van der Waals surface area contributed by atoms with E-state index in [0.717, 1.165) is 18.6 Å². The van der Waals surface area contributed by atoms with Gasteiger partial charge in [-0.2, -0.15) is 0 Å². The van der Waals surface area contributed by atoms with Gasteiger partial charge in [0.05, 0.1) is 0 Å². The van der Waals surface area contributed by atoms with Gasteiger partial charge in [0.1, 0.15) is 11.4 Å². The SMILES string of the molecule is NCC1(Oc2ccc3c(c2)CCCC3)CCCCC1. The molecule has 0 bridgehead atoms. The quantitative estimate of drug-likeness (QED) is 0.900. The van der Waals surface area contributed by atoms with Gasteiger partial charge in [-0.1, -0.05) is 12.5 Å². The van der Waals surface area contributed by atoms with Gasteiger partial charge in [-0.25, -0.2) is 0 Å². The normalized spacial score (nSPS) is 21.7. The number of aryl methyl sites for hydroxylation is 2. The van der Waals surface area contributed by atoms with Crippen molar-refractivity contribution in [2.24, 2.45) is 5.73 Å². The van der Waals surface area contributed by atoms with Gasteiger partial charge in [-0.15, -0.1) is 0 Å². The lowest BCUT2D eigenvalue weighted by Crippen LogP contribution is -2.45. The van der Waals surface area contributed by atoms with Crippen LogP contribution in [0.5, 0.6) is 5.75 Å². The van der Waals surface area contributed by atoms with Gasteiger partial charge in [0.15, 0.2) is 0 Å². The van der Waals surface area contributed by atoms with E-state index < -0.39 is 0 Å². The molecule has 1 aromatic carbocycles. The van der Waals surface area contributed by atoms with Crippen LogP contribution in [0, 0.1) is 0 Å². The first-order valence-corrected chi connectivity index (χ1v) is 7.82. The van der Waals surface area contributed by atoms with E-state index in [1.165, 1.54) is 56.1 Å². The molecule has 0 saturated heterocycles. The molecule has 0 radical (unpaired) electrons. The van der Waals surface area contributed by atoms with Crippen molar-refractivity contribution in [1.29, 1.82) is 0 Å². The summed E-state index contributed by atoms with van der Waals surface area (Å²) in [5.41, 5.74) is 8.91. The molecule has 0 amide bonds. The summed E-state index contributed by atoms with van der Waals surface area (Å²) in [5, 5.41) is 0. The van der Waals surface area contributed by atoms with Crippen LogP contribution in [0.15, 0.2) is 18.2 Å². The van der Waals surface area contributed by atoms with Crippen LogP contribution < -0.4 is 10.5 Å². The number of benzene rings is 1. The zero-order chi connectivity index (χ0) is 13.1. The number of ether oxygens (including phenoxy) is 1. The average Bonchev–Trinajstić information content (AvgIpc) is 2.48.